The summed E-state index contributed by atoms with van der Waals surface area (Å²) in [6.07, 6.45) is 2.52. The molecular weight excluding hydrogens is 530 g/mol. The summed E-state index contributed by atoms with van der Waals surface area (Å²) >= 11 is 0. The van der Waals surface area contributed by atoms with Gasteiger partial charge in [0.15, 0.2) is 11.4 Å². The molecule has 4 atom stereocenters. The fourth-order valence-electron chi connectivity index (χ4n) is 7.29. The lowest BCUT2D eigenvalue weighted by atomic mass is 9.57. The van der Waals surface area contributed by atoms with Crippen molar-refractivity contribution < 1.29 is 39.5 Å². The van der Waals surface area contributed by atoms with Crippen LogP contribution in [0.4, 0.5) is 0 Å². The molecule has 4 aliphatic carbocycles. The van der Waals surface area contributed by atoms with Crippen LogP contribution >= 0.6 is 0 Å². The van der Waals surface area contributed by atoms with E-state index in [1.807, 2.05) is 7.05 Å². The minimum absolute atomic E-state index is 0.0194. The smallest absolute Gasteiger partial charge is 0.255 e. The van der Waals surface area contributed by atoms with Gasteiger partial charge < -0.3 is 30.9 Å². The van der Waals surface area contributed by atoms with Crippen LogP contribution < -0.4 is 10.5 Å². The lowest BCUT2D eigenvalue weighted by molar-refractivity contribution is -0.153. The number of aromatic hydroxyl groups is 1. The number of phenolic OH excluding ortho intramolecular Hbond substituents is 1. The molecule has 0 saturated heterocycles. The van der Waals surface area contributed by atoms with E-state index in [1.165, 1.54) is 18.1 Å². The fourth-order valence-corrected chi connectivity index (χ4v) is 7.29. The summed E-state index contributed by atoms with van der Waals surface area (Å²) in [6.45, 7) is 4.85. The molecular formula is C30H39N3O8. The third-order valence-corrected chi connectivity index (χ3v) is 9.92. The van der Waals surface area contributed by atoms with Crippen LogP contribution in [0.25, 0.3) is 5.76 Å². The fraction of sp³-hybridized carbons (Fsp3) is 0.567. The van der Waals surface area contributed by atoms with Crippen molar-refractivity contribution in [2.24, 2.45) is 23.5 Å². The minimum Gasteiger partial charge on any atom is -0.508 e. The third kappa shape index (κ3) is 4.08. The van der Waals surface area contributed by atoms with E-state index in [0.717, 1.165) is 18.4 Å². The van der Waals surface area contributed by atoms with Crippen molar-refractivity contribution in [1.82, 2.24) is 9.80 Å². The number of fused-ring (bicyclic) bond motifs is 3. The number of methoxy groups -OCH3 is 1. The number of Topliss-reactive ketones (excluding diaryl/α,β-unsaturated/α-hetero) is 2. The zero-order valence-electron chi connectivity index (χ0n) is 24.3. The molecule has 1 amide bonds. The highest BCUT2D eigenvalue weighted by molar-refractivity contribution is 6.24. The van der Waals surface area contributed by atoms with Crippen LogP contribution in [-0.2, 0) is 27.3 Å². The second-order valence-corrected chi connectivity index (χ2v) is 12.7. The molecule has 0 aromatic heterocycles. The zero-order valence-corrected chi connectivity index (χ0v) is 24.3. The monoisotopic (exact) mass is 569 g/mol. The van der Waals surface area contributed by atoms with Crippen LogP contribution in [0.15, 0.2) is 23.0 Å². The highest BCUT2D eigenvalue weighted by atomic mass is 16.5. The first kappa shape index (κ1) is 29.1. The number of hydrogen-bond acceptors (Lipinski definition) is 10. The highest BCUT2D eigenvalue weighted by Crippen LogP contribution is 2.54. The van der Waals surface area contributed by atoms with Crippen LogP contribution in [0.3, 0.4) is 0 Å². The number of benzene rings is 1. The number of phenols is 1. The number of ether oxygens (including phenoxy) is 1. The molecule has 222 valence electrons. The first-order valence-corrected chi connectivity index (χ1v) is 13.9. The van der Waals surface area contributed by atoms with Crippen molar-refractivity contribution >= 4 is 23.2 Å². The number of amides is 1. The number of carbonyl (C=O) groups excluding carboxylic acids is 3. The minimum atomic E-state index is -2.67. The Labute approximate surface area is 238 Å². The van der Waals surface area contributed by atoms with E-state index in [1.54, 1.807) is 14.1 Å². The number of hydrogen-bond donors (Lipinski definition) is 5. The molecule has 0 bridgehead atoms. The van der Waals surface area contributed by atoms with Gasteiger partial charge in [0.25, 0.3) is 5.91 Å². The summed E-state index contributed by atoms with van der Waals surface area (Å²) in [4.78, 5) is 43.1. The van der Waals surface area contributed by atoms with Gasteiger partial charge in [-0.2, -0.15) is 0 Å². The first-order valence-electron chi connectivity index (χ1n) is 13.9. The van der Waals surface area contributed by atoms with E-state index in [-0.39, 0.29) is 35.3 Å². The number of rotatable bonds is 7. The Kier molecular flexibility index (Phi) is 6.79. The highest BCUT2D eigenvalue weighted by Gasteiger charge is 2.64. The molecule has 11 nitrogen and oxygen atoms in total. The van der Waals surface area contributed by atoms with Crippen LogP contribution in [0, 0.1) is 17.8 Å². The van der Waals surface area contributed by atoms with Crippen molar-refractivity contribution in [2.75, 3.05) is 28.3 Å². The summed E-state index contributed by atoms with van der Waals surface area (Å²) in [5.74, 6) is -5.70. The van der Waals surface area contributed by atoms with Gasteiger partial charge in [-0.05, 0) is 78.6 Å². The van der Waals surface area contributed by atoms with E-state index in [0.29, 0.717) is 23.8 Å². The maximum absolute atomic E-state index is 14.0. The van der Waals surface area contributed by atoms with E-state index < -0.39 is 58.0 Å². The maximum Gasteiger partial charge on any atom is 0.255 e. The van der Waals surface area contributed by atoms with Gasteiger partial charge in [-0.15, -0.1) is 0 Å². The summed E-state index contributed by atoms with van der Waals surface area (Å²) < 4.78 is 5.84. The van der Waals surface area contributed by atoms with Gasteiger partial charge in [0.1, 0.15) is 28.6 Å². The van der Waals surface area contributed by atoms with E-state index in [4.69, 9.17) is 10.5 Å². The molecule has 2 fully saturated rings. The van der Waals surface area contributed by atoms with Gasteiger partial charge >= 0.3 is 0 Å². The third-order valence-electron chi connectivity index (χ3n) is 9.92. The summed E-state index contributed by atoms with van der Waals surface area (Å²) in [6, 6.07) is 0.385. The zero-order chi connectivity index (χ0) is 30.3. The Morgan fingerprint density at radius 1 is 1.17 bits per heavy atom. The molecule has 4 aliphatic rings. The Morgan fingerprint density at radius 3 is 2.34 bits per heavy atom. The van der Waals surface area contributed by atoms with Crippen LogP contribution in [0.5, 0.6) is 11.5 Å². The van der Waals surface area contributed by atoms with Gasteiger partial charge in [-0.25, -0.2) is 0 Å². The Balaban J connectivity index is 1.64. The predicted molar refractivity (Wildman–Crippen MR) is 149 cm³/mol. The van der Waals surface area contributed by atoms with Crippen molar-refractivity contribution in [2.45, 2.75) is 63.3 Å². The topological polar surface area (TPSA) is 174 Å². The first-order chi connectivity index (χ1) is 19.1. The lowest BCUT2D eigenvalue weighted by Crippen LogP contribution is -2.65. The Bertz CT molecular complexity index is 1420. The second kappa shape index (κ2) is 9.57. The largest absolute Gasteiger partial charge is 0.508 e. The standard InChI is InChI=1S/C30H39N3O8/c1-29(2,15-7-8-15)33(5)12-14-11-18(34)20-16(25(14)41-6)9-13-10-17-22(32(3)4)24(36)21(28(31)39)27(38)30(17,40)26(37)19(13)23(20)35/h11,13,15,17,22,34-35,38,40H,7-10,12H2,1-6H3,(H2,31,39)/t13-,17-,22-,30-/m0/s1. The lowest BCUT2D eigenvalue weighted by Gasteiger charge is -2.50. The van der Waals surface area contributed by atoms with Crippen LogP contribution in [-0.4, -0.2) is 93.1 Å². The van der Waals surface area contributed by atoms with Crippen molar-refractivity contribution in [3.8, 4) is 11.5 Å². The average Bonchev–Trinajstić information content (AvgIpc) is 3.72. The number of nitrogens with two attached hydrogens (primary N) is 1. The normalized spacial score (nSPS) is 28.2. The molecule has 6 N–H and O–H groups in total. The van der Waals surface area contributed by atoms with Gasteiger partial charge in [-0.1, -0.05) is 0 Å². The number of primary amides is 1. The van der Waals surface area contributed by atoms with Crippen molar-refractivity contribution in [1.29, 1.82) is 0 Å². The number of ketones is 2. The number of carbonyl (C=O) groups is 3. The molecule has 0 spiro atoms. The van der Waals surface area contributed by atoms with Crippen LogP contribution in [0.2, 0.25) is 0 Å². The molecule has 1 aromatic carbocycles. The van der Waals surface area contributed by atoms with Gasteiger partial charge in [0, 0.05) is 34.7 Å². The molecule has 11 heteroatoms. The SMILES string of the molecule is COc1c(CN(C)C(C)(C)C2CC2)cc(O)c2c1C[C@H]1C[C@H]3[C@H](N(C)C)C(=O)C(C(N)=O)=C(O)[C@@]3(O)C(=O)C1=C2O. The number of aliphatic hydroxyl groups excluding tert-OH is 2. The van der Waals surface area contributed by atoms with Crippen molar-refractivity contribution in [3.05, 3.63) is 39.7 Å². The van der Waals surface area contributed by atoms with Crippen molar-refractivity contribution in [3.63, 3.8) is 0 Å². The van der Waals surface area contributed by atoms with Gasteiger partial charge in [0.05, 0.1) is 18.7 Å². The summed E-state index contributed by atoms with van der Waals surface area (Å²) in [7, 11) is 6.67. The maximum atomic E-state index is 14.0. The van der Waals surface area contributed by atoms with Crippen LogP contribution in [0.1, 0.15) is 49.8 Å². The molecule has 0 unspecified atom stereocenters. The molecule has 1 aromatic rings. The Hall–Kier alpha value is -3.41. The van der Waals surface area contributed by atoms with E-state index >= 15 is 0 Å². The van der Waals surface area contributed by atoms with Gasteiger partial charge in [-0.3, -0.25) is 24.2 Å². The second-order valence-electron chi connectivity index (χ2n) is 12.7. The molecule has 5 rings (SSSR count). The molecule has 0 heterocycles. The van der Waals surface area contributed by atoms with E-state index in [9.17, 15) is 34.8 Å². The van der Waals surface area contributed by atoms with Gasteiger partial charge in [0.2, 0.25) is 5.78 Å². The summed E-state index contributed by atoms with van der Waals surface area (Å²) in [5, 5.41) is 45.3. The number of nitrogens with zero attached hydrogens (tertiary/aromatic N) is 2. The quantitative estimate of drug-likeness (QED) is 0.303. The molecule has 0 radical (unpaired) electrons. The number of aliphatic hydroxyl groups is 3. The summed E-state index contributed by atoms with van der Waals surface area (Å²) in [5.41, 5.74) is 2.88. The Morgan fingerprint density at radius 2 is 1.80 bits per heavy atom. The molecule has 2 saturated carbocycles. The molecule has 41 heavy (non-hydrogen) atoms. The average molecular weight is 570 g/mol. The molecule has 0 aliphatic heterocycles. The number of likely N-dealkylation sites (N-methyl/N-ethyl adjacent to an activating group) is 1. The van der Waals surface area contributed by atoms with E-state index in [2.05, 4.69) is 18.7 Å². The predicted octanol–water partition coefficient (Wildman–Crippen LogP) is 1.59.